The normalized spacial score (nSPS) is 11.0. The number of rotatable bonds is 4. The molecule has 1 N–H and O–H groups in total. The van der Waals surface area contributed by atoms with Crippen LogP contribution in [-0.2, 0) is 6.54 Å². The van der Waals surface area contributed by atoms with Crippen LogP contribution in [-0.4, -0.2) is 9.97 Å². The summed E-state index contributed by atoms with van der Waals surface area (Å²) < 4.78 is 0. The predicted molar refractivity (Wildman–Crippen MR) is 107 cm³/mol. The molecule has 0 saturated carbocycles. The zero-order chi connectivity index (χ0) is 17.2. The number of nitrogens with zero attached hydrogens (tertiary/aromatic N) is 2. The minimum absolute atomic E-state index is 0.599. The van der Waals surface area contributed by atoms with Gasteiger partial charge in [0.15, 0.2) is 0 Å². The second-order valence-corrected chi connectivity index (χ2v) is 7.21. The van der Waals surface area contributed by atoms with E-state index in [2.05, 4.69) is 20.7 Å². The largest absolute Gasteiger partial charge is 0.365 e. The van der Waals surface area contributed by atoms with Gasteiger partial charge in [-0.25, -0.2) is 9.97 Å². The summed E-state index contributed by atoms with van der Waals surface area (Å²) in [7, 11) is 0. The van der Waals surface area contributed by atoms with Crippen molar-refractivity contribution in [1.29, 1.82) is 0 Å². The summed E-state index contributed by atoms with van der Waals surface area (Å²) >= 11 is 13.9. The molecule has 0 aliphatic heterocycles. The molecule has 0 radical (unpaired) electrons. The molecule has 0 amide bonds. The standard InChI is InChI=1S/C19H13Cl2N3S/c20-14-7-5-12(6-8-14)15-10-25-19-17(15)18(23-11-24-19)22-9-13-3-1-2-4-16(13)21/h1-8,10-11H,9H2,(H,22,23,24). The lowest BCUT2D eigenvalue weighted by Crippen LogP contribution is -2.02. The Morgan fingerprint density at radius 1 is 0.960 bits per heavy atom. The van der Waals surface area contributed by atoms with Crippen LogP contribution >= 0.6 is 34.5 Å². The minimum atomic E-state index is 0.599. The van der Waals surface area contributed by atoms with Crippen molar-refractivity contribution in [2.24, 2.45) is 0 Å². The second kappa shape index (κ2) is 7.00. The SMILES string of the molecule is Clc1ccc(-c2csc3ncnc(NCc4ccccc4Cl)c23)cc1. The second-order valence-electron chi connectivity index (χ2n) is 5.50. The van der Waals surface area contributed by atoms with Crippen molar-refractivity contribution in [2.45, 2.75) is 6.54 Å². The lowest BCUT2D eigenvalue weighted by atomic mass is 10.1. The van der Waals surface area contributed by atoms with Gasteiger partial charge in [0.2, 0.25) is 0 Å². The maximum Gasteiger partial charge on any atom is 0.139 e. The van der Waals surface area contributed by atoms with Crippen LogP contribution in [0.5, 0.6) is 0 Å². The Morgan fingerprint density at radius 2 is 1.76 bits per heavy atom. The van der Waals surface area contributed by atoms with Crippen molar-refractivity contribution in [3.63, 3.8) is 0 Å². The van der Waals surface area contributed by atoms with Crippen LogP contribution in [0.4, 0.5) is 5.82 Å². The third kappa shape index (κ3) is 3.33. The molecule has 2 heterocycles. The molecule has 0 bridgehead atoms. The van der Waals surface area contributed by atoms with Crippen molar-refractivity contribution in [3.8, 4) is 11.1 Å². The highest BCUT2D eigenvalue weighted by Gasteiger charge is 2.13. The first-order valence-electron chi connectivity index (χ1n) is 7.68. The van der Waals surface area contributed by atoms with E-state index in [-0.39, 0.29) is 0 Å². The lowest BCUT2D eigenvalue weighted by molar-refractivity contribution is 1.11. The molecule has 0 unspecified atom stereocenters. The van der Waals surface area contributed by atoms with Crippen molar-refractivity contribution in [1.82, 2.24) is 9.97 Å². The first-order chi connectivity index (χ1) is 12.2. The van der Waals surface area contributed by atoms with Crippen molar-refractivity contribution >= 4 is 50.6 Å². The van der Waals surface area contributed by atoms with E-state index < -0.39 is 0 Å². The molecular weight excluding hydrogens is 373 g/mol. The monoisotopic (exact) mass is 385 g/mol. The summed E-state index contributed by atoms with van der Waals surface area (Å²) in [6, 6.07) is 15.6. The fourth-order valence-electron chi connectivity index (χ4n) is 2.67. The molecule has 0 atom stereocenters. The van der Waals surface area contributed by atoms with E-state index in [0.29, 0.717) is 6.54 Å². The summed E-state index contributed by atoms with van der Waals surface area (Å²) in [6.07, 6.45) is 1.58. The summed E-state index contributed by atoms with van der Waals surface area (Å²) in [5, 5.41) is 7.97. The average molecular weight is 386 g/mol. The fourth-order valence-corrected chi connectivity index (χ4v) is 3.92. The number of anilines is 1. The first kappa shape index (κ1) is 16.3. The van der Waals surface area contributed by atoms with Crippen molar-refractivity contribution in [3.05, 3.63) is 75.8 Å². The Morgan fingerprint density at radius 3 is 2.56 bits per heavy atom. The zero-order valence-electron chi connectivity index (χ0n) is 13.0. The topological polar surface area (TPSA) is 37.8 Å². The Hall–Kier alpha value is -2.14. The number of fused-ring (bicyclic) bond motifs is 1. The van der Waals surface area contributed by atoms with Gasteiger partial charge in [0.05, 0.1) is 5.39 Å². The van der Waals surface area contributed by atoms with E-state index in [0.717, 1.165) is 42.8 Å². The van der Waals surface area contributed by atoms with Gasteiger partial charge in [-0.1, -0.05) is 53.5 Å². The molecule has 0 aliphatic rings. The molecular formula is C19H13Cl2N3S. The third-order valence-electron chi connectivity index (χ3n) is 3.93. The van der Waals surface area contributed by atoms with Gasteiger partial charge in [-0.05, 0) is 29.3 Å². The molecule has 4 aromatic rings. The van der Waals surface area contributed by atoms with Gasteiger partial charge in [0, 0.05) is 27.5 Å². The summed E-state index contributed by atoms with van der Waals surface area (Å²) in [5.74, 6) is 0.802. The fraction of sp³-hybridized carbons (Fsp3) is 0.0526. The average Bonchev–Trinajstić information content (AvgIpc) is 3.06. The van der Waals surface area contributed by atoms with E-state index in [1.54, 1.807) is 17.7 Å². The smallest absolute Gasteiger partial charge is 0.139 e. The molecule has 25 heavy (non-hydrogen) atoms. The first-order valence-corrected chi connectivity index (χ1v) is 9.31. The van der Waals surface area contributed by atoms with Crippen LogP contribution in [0, 0.1) is 0 Å². The Kier molecular flexibility index (Phi) is 4.57. The van der Waals surface area contributed by atoms with Crippen LogP contribution in [0.1, 0.15) is 5.56 Å². The Labute approximate surface area is 159 Å². The van der Waals surface area contributed by atoms with Gasteiger partial charge < -0.3 is 5.32 Å². The maximum atomic E-state index is 6.25. The number of thiophene rings is 1. The van der Waals surface area contributed by atoms with E-state index >= 15 is 0 Å². The number of nitrogens with one attached hydrogen (secondary N) is 1. The molecule has 6 heteroatoms. The highest BCUT2D eigenvalue weighted by atomic mass is 35.5. The van der Waals surface area contributed by atoms with Gasteiger partial charge in [-0.15, -0.1) is 11.3 Å². The lowest BCUT2D eigenvalue weighted by Gasteiger charge is -2.09. The molecule has 0 fully saturated rings. The summed E-state index contributed by atoms with van der Waals surface area (Å²) in [5.41, 5.74) is 3.21. The van der Waals surface area contributed by atoms with E-state index in [4.69, 9.17) is 23.2 Å². The maximum absolute atomic E-state index is 6.25. The van der Waals surface area contributed by atoms with Crippen LogP contribution in [0.3, 0.4) is 0 Å². The van der Waals surface area contributed by atoms with Gasteiger partial charge in [-0.3, -0.25) is 0 Å². The number of halogens is 2. The number of aromatic nitrogens is 2. The van der Waals surface area contributed by atoms with E-state index in [1.807, 2.05) is 48.5 Å². The van der Waals surface area contributed by atoms with Crippen LogP contribution in [0.15, 0.2) is 60.2 Å². The Bertz CT molecular complexity index is 1030. The Balaban J connectivity index is 1.73. The molecule has 2 aromatic heterocycles. The van der Waals surface area contributed by atoms with Crippen LogP contribution < -0.4 is 5.32 Å². The molecule has 124 valence electrons. The molecule has 2 aromatic carbocycles. The van der Waals surface area contributed by atoms with Crippen molar-refractivity contribution < 1.29 is 0 Å². The molecule has 4 rings (SSSR count). The molecule has 0 aliphatic carbocycles. The van der Waals surface area contributed by atoms with Gasteiger partial charge in [-0.2, -0.15) is 0 Å². The third-order valence-corrected chi connectivity index (χ3v) is 5.44. The van der Waals surface area contributed by atoms with Gasteiger partial charge in [0.1, 0.15) is 17.0 Å². The summed E-state index contributed by atoms with van der Waals surface area (Å²) in [6.45, 7) is 0.599. The molecule has 3 nitrogen and oxygen atoms in total. The number of benzene rings is 2. The predicted octanol–water partition coefficient (Wildman–Crippen LogP) is 6.28. The zero-order valence-corrected chi connectivity index (χ0v) is 15.4. The van der Waals surface area contributed by atoms with E-state index in [1.165, 1.54) is 0 Å². The highest BCUT2D eigenvalue weighted by Crippen LogP contribution is 2.37. The molecule has 0 saturated heterocycles. The molecule has 0 spiro atoms. The quantitative estimate of drug-likeness (QED) is 0.449. The van der Waals surface area contributed by atoms with Gasteiger partial charge in [0.25, 0.3) is 0 Å². The summed E-state index contributed by atoms with van der Waals surface area (Å²) in [4.78, 5) is 9.78. The number of hydrogen-bond acceptors (Lipinski definition) is 4. The van der Waals surface area contributed by atoms with Crippen molar-refractivity contribution in [2.75, 3.05) is 5.32 Å². The highest BCUT2D eigenvalue weighted by molar-refractivity contribution is 7.17. The number of hydrogen-bond donors (Lipinski definition) is 1. The van der Waals surface area contributed by atoms with E-state index in [9.17, 15) is 0 Å². The van der Waals surface area contributed by atoms with Crippen LogP contribution in [0.2, 0.25) is 10.0 Å². The van der Waals surface area contributed by atoms with Crippen LogP contribution in [0.25, 0.3) is 21.3 Å². The van der Waals surface area contributed by atoms with Gasteiger partial charge >= 0.3 is 0 Å². The minimum Gasteiger partial charge on any atom is -0.365 e.